The lowest BCUT2D eigenvalue weighted by Gasteiger charge is -2.27. The predicted octanol–water partition coefficient (Wildman–Crippen LogP) is 3.26. The molecule has 1 aliphatic rings. The normalized spacial score (nSPS) is 18.7. The lowest BCUT2D eigenvalue weighted by atomic mass is 9.83. The molecule has 1 amide bonds. The van der Waals surface area contributed by atoms with E-state index in [4.69, 9.17) is 0 Å². The second kappa shape index (κ2) is 8.16. The Balaban J connectivity index is 0.00000220. The first kappa shape index (κ1) is 18.5. The zero-order valence-corrected chi connectivity index (χ0v) is 15.0. The van der Waals surface area contributed by atoms with E-state index < -0.39 is 5.41 Å². The topological polar surface area (TPSA) is 41.1 Å². The predicted molar refractivity (Wildman–Crippen MR) is 93.0 cm³/mol. The highest BCUT2D eigenvalue weighted by Gasteiger charge is 2.30. The van der Waals surface area contributed by atoms with Crippen molar-refractivity contribution in [2.45, 2.75) is 32.1 Å². The van der Waals surface area contributed by atoms with Gasteiger partial charge in [-0.05, 0) is 63.4 Å². The molecule has 0 radical (unpaired) electrons. The maximum absolute atomic E-state index is 12.4. The molecule has 1 fully saturated rings. The Morgan fingerprint density at radius 3 is 2.62 bits per heavy atom. The van der Waals surface area contributed by atoms with Crippen LogP contribution in [0.1, 0.15) is 32.3 Å². The van der Waals surface area contributed by atoms with Gasteiger partial charge in [-0.2, -0.15) is 0 Å². The number of benzene rings is 1. The third-order valence-electron chi connectivity index (χ3n) is 4.08. The van der Waals surface area contributed by atoms with Crippen molar-refractivity contribution in [3.63, 3.8) is 0 Å². The van der Waals surface area contributed by atoms with Crippen molar-refractivity contribution in [3.8, 4) is 0 Å². The summed E-state index contributed by atoms with van der Waals surface area (Å²) in [5, 5.41) is 6.49. The van der Waals surface area contributed by atoms with Gasteiger partial charge in [-0.15, -0.1) is 12.4 Å². The average Bonchev–Trinajstić information content (AvgIpc) is 2.46. The molecule has 2 rings (SSSR count). The van der Waals surface area contributed by atoms with Crippen molar-refractivity contribution in [3.05, 3.63) is 34.3 Å². The van der Waals surface area contributed by atoms with E-state index in [0.717, 1.165) is 29.7 Å². The first-order valence-electron chi connectivity index (χ1n) is 7.25. The van der Waals surface area contributed by atoms with Crippen LogP contribution in [-0.4, -0.2) is 25.5 Å². The third kappa shape index (κ3) is 4.97. The molecule has 118 valence electrons. The summed E-state index contributed by atoms with van der Waals surface area (Å²) in [5.41, 5.74) is 0.544. The molecule has 0 saturated carbocycles. The summed E-state index contributed by atoms with van der Waals surface area (Å²) in [6.07, 6.45) is 2.41. The van der Waals surface area contributed by atoms with E-state index in [2.05, 4.69) is 26.6 Å². The minimum atomic E-state index is -0.497. The molecule has 1 unspecified atom stereocenters. The van der Waals surface area contributed by atoms with Gasteiger partial charge in [-0.25, -0.2) is 0 Å². The van der Waals surface area contributed by atoms with Crippen molar-refractivity contribution in [2.24, 2.45) is 5.92 Å². The molecular weight excluding hydrogens is 352 g/mol. The van der Waals surface area contributed by atoms with Crippen molar-refractivity contribution in [1.29, 1.82) is 0 Å². The zero-order chi connectivity index (χ0) is 14.6. The monoisotopic (exact) mass is 374 g/mol. The van der Waals surface area contributed by atoms with Crippen LogP contribution < -0.4 is 10.6 Å². The summed E-state index contributed by atoms with van der Waals surface area (Å²) in [6, 6.07) is 7.97. The second-order valence-corrected chi connectivity index (χ2v) is 6.97. The summed E-state index contributed by atoms with van der Waals surface area (Å²) in [5.74, 6) is 0.666. The number of piperidine rings is 1. The number of rotatable bonds is 4. The molecule has 1 atom stereocenters. The van der Waals surface area contributed by atoms with E-state index in [0.29, 0.717) is 5.92 Å². The number of halogens is 2. The largest absolute Gasteiger partial charge is 0.355 e. The van der Waals surface area contributed by atoms with Gasteiger partial charge in [0.15, 0.2) is 0 Å². The van der Waals surface area contributed by atoms with Gasteiger partial charge < -0.3 is 10.6 Å². The minimum Gasteiger partial charge on any atom is -0.355 e. The van der Waals surface area contributed by atoms with Crippen molar-refractivity contribution in [1.82, 2.24) is 10.6 Å². The fourth-order valence-electron chi connectivity index (χ4n) is 2.55. The van der Waals surface area contributed by atoms with Crippen molar-refractivity contribution >= 4 is 34.2 Å². The van der Waals surface area contributed by atoms with Crippen LogP contribution in [0, 0.1) is 5.92 Å². The highest BCUT2D eigenvalue weighted by molar-refractivity contribution is 9.10. The highest BCUT2D eigenvalue weighted by Crippen LogP contribution is 2.25. The zero-order valence-electron chi connectivity index (χ0n) is 12.6. The second-order valence-electron chi connectivity index (χ2n) is 6.05. The van der Waals surface area contributed by atoms with E-state index in [1.807, 2.05) is 38.1 Å². The molecule has 1 aliphatic heterocycles. The van der Waals surface area contributed by atoms with Gasteiger partial charge in [0.25, 0.3) is 0 Å². The van der Waals surface area contributed by atoms with Gasteiger partial charge >= 0.3 is 0 Å². The molecule has 0 bridgehead atoms. The number of carbonyl (C=O) groups is 1. The summed E-state index contributed by atoms with van der Waals surface area (Å²) in [6.45, 7) is 6.84. The van der Waals surface area contributed by atoms with Gasteiger partial charge in [0.1, 0.15) is 0 Å². The SMILES string of the molecule is CC(C)(C(=O)NCC1CCCNC1)c1ccc(Br)cc1.Cl. The van der Waals surface area contributed by atoms with Crippen LogP contribution in [0.4, 0.5) is 0 Å². The third-order valence-corrected chi connectivity index (χ3v) is 4.61. The number of hydrogen-bond acceptors (Lipinski definition) is 2. The van der Waals surface area contributed by atoms with Gasteiger partial charge in [0, 0.05) is 11.0 Å². The Morgan fingerprint density at radius 2 is 2.05 bits per heavy atom. The Hall–Kier alpha value is -0.580. The van der Waals surface area contributed by atoms with Crippen LogP contribution in [0.5, 0.6) is 0 Å². The van der Waals surface area contributed by atoms with E-state index in [1.54, 1.807) is 0 Å². The van der Waals surface area contributed by atoms with Gasteiger partial charge in [-0.1, -0.05) is 28.1 Å². The Kier molecular flexibility index (Phi) is 7.17. The summed E-state index contributed by atoms with van der Waals surface area (Å²) in [4.78, 5) is 12.4. The van der Waals surface area contributed by atoms with Crippen LogP contribution in [0.15, 0.2) is 28.7 Å². The summed E-state index contributed by atoms with van der Waals surface area (Å²) in [7, 11) is 0. The van der Waals surface area contributed by atoms with E-state index >= 15 is 0 Å². The minimum absolute atomic E-state index is 0. The van der Waals surface area contributed by atoms with E-state index in [1.165, 1.54) is 12.8 Å². The number of hydrogen-bond donors (Lipinski definition) is 2. The van der Waals surface area contributed by atoms with Crippen molar-refractivity contribution in [2.75, 3.05) is 19.6 Å². The molecule has 0 aliphatic carbocycles. The van der Waals surface area contributed by atoms with E-state index in [-0.39, 0.29) is 18.3 Å². The Morgan fingerprint density at radius 1 is 1.38 bits per heavy atom. The van der Waals surface area contributed by atoms with Crippen LogP contribution in [0.3, 0.4) is 0 Å². The van der Waals surface area contributed by atoms with Gasteiger partial charge in [0.05, 0.1) is 5.41 Å². The quantitative estimate of drug-likeness (QED) is 0.848. The number of nitrogens with one attached hydrogen (secondary N) is 2. The Bertz CT molecular complexity index is 456. The van der Waals surface area contributed by atoms with Gasteiger partial charge in [0.2, 0.25) is 5.91 Å². The molecule has 21 heavy (non-hydrogen) atoms. The molecule has 5 heteroatoms. The van der Waals surface area contributed by atoms with Crippen molar-refractivity contribution < 1.29 is 4.79 Å². The molecule has 2 N–H and O–H groups in total. The maximum atomic E-state index is 12.4. The standard InChI is InChI=1S/C16H23BrN2O.ClH/c1-16(2,13-5-7-14(17)8-6-13)15(20)19-11-12-4-3-9-18-10-12;/h5-8,12,18H,3-4,9-11H2,1-2H3,(H,19,20);1H. The lowest BCUT2D eigenvalue weighted by Crippen LogP contribution is -2.44. The molecule has 1 aromatic rings. The lowest BCUT2D eigenvalue weighted by molar-refractivity contribution is -0.125. The Labute approximate surface area is 141 Å². The molecule has 1 saturated heterocycles. The highest BCUT2D eigenvalue weighted by atomic mass is 79.9. The van der Waals surface area contributed by atoms with Crippen LogP contribution >= 0.6 is 28.3 Å². The first-order chi connectivity index (χ1) is 9.50. The average molecular weight is 376 g/mol. The number of amides is 1. The van der Waals surface area contributed by atoms with Crippen LogP contribution in [0.25, 0.3) is 0 Å². The van der Waals surface area contributed by atoms with E-state index in [9.17, 15) is 4.79 Å². The molecule has 0 aromatic heterocycles. The fourth-order valence-corrected chi connectivity index (χ4v) is 2.82. The number of carbonyl (C=O) groups excluding carboxylic acids is 1. The first-order valence-corrected chi connectivity index (χ1v) is 8.04. The molecule has 1 heterocycles. The molecule has 1 aromatic carbocycles. The fraction of sp³-hybridized carbons (Fsp3) is 0.562. The summed E-state index contributed by atoms with van der Waals surface area (Å²) < 4.78 is 1.03. The smallest absolute Gasteiger partial charge is 0.230 e. The van der Waals surface area contributed by atoms with Gasteiger partial charge in [-0.3, -0.25) is 4.79 Å². The van der Waals surface area contributed by atoms with Crippen LogP contribution in [0.2, 0.25) is 0 Å². The molecular formula is C16H24BrClN2O. The molecule has 3 nitrogen and oxygen atoms in total. The maximum Gasteiger partial charge on any atom is 0.230 e. The van der Waals surface area contributed by atoms with Crippen LogP contribution in [-0.2, 0) is 10.2 Å². The molecule has 0 spiro atoms. The summed E-state index contributed by atoms with van der Waals surface area (Å²) >= 11 is 3.42.